The summed E-state index contributed by atoms with van der Waals surface area (Å²) in [6, 6.07) is 8.57. The highest BCUT2D eigenvalue weighted by Crippen LogP contribution is 2.06. The summed E-state index contributed by atoms with van der Waals surface area (Å²) >= 11 is 2.31. The predicted molar refractivity (Wildman–Crippen MR) is 65.7 cm³/mol. The normalized spacial score (nSPS) is 9.92. The minimum absolute atomic E-state index is 0.949. The second-order valence-corrected chi connectivity index (χ2v) is 4.13. The Morgan fingerprint density at radius 2 is 2.00 bits per heavy atom. The standard InChI is InChI=1S/C11H14IN/c1-2-3-8-13-9-10-4-6-11(12)7-5-10/h2,4-7,13H,1,3,8-9H2. The predicted octanol–water partition coefficient (Wildman–Crippen LogP) is 2.96. The summed E-state index contributed by atoms with van der Waals surface area (Å²) in [6.45, 7) is 5.63. The van der Waals surface area contributed by atoms with E-state index in [1.165, 1.54) is 9.13 Å². The first-order chi connectivity index (χ1) is 6.33. The molecule has 1 N–H and O–H groups in total. The number of benzene rings is 1. The summed E-state index contributed by atoms with van der Waals surface area (Å²) in [6.07, 6.45) is 2.96. The van der Waals surface area contributed by atoms with Crippen molar-refractivity contribution in [2.45, 2.75) is 13.0 Å². The Hall–Kier alpha value is -0.350. The highest BCUT2D eigenvalue weighted by molar-refractivity contribution is 14.1. The van der Waals surface area contributed by atoms with E-state index in [2.05, 4.69) is 58.8 Å². The first-order valence-corrected chi connectivity index (χ1v) is 5.47. The van der Waals surface area contributed by atoms with Crippen LogP contribution in [0.2, 0.25) is 0 Å². The molecular weight excluding hydrogens is 273 g/mol. The van der Waals surface area contributed by atoms with Gasteiger partial charge < -0.3 is 5.32 Å². The van der Waals surface area contributed by atoms with Crippen molar-refractivity contribution < 1.29 is 0 Å². The van der Waals surface area contributed by atoms with Crippen LogP contribution in [-0.2, 0) is 6.54 Å². The van der Waals surface area contributed by atoms with E-state index in [4.69, 9.17) is 0 Å². The lowest BCUT2D eigenvalue weighted by molar-refractivity contribution is 0.696. The molecule has 0 fully saturated rings. The number of halogens is 1. The summed E-state index contributed by atoms with van der Waals surface area (Å²) in [5.41, 5.74) is 1.34. The Morgan fingerprint density at radius 1 is 1.31 bits per heavy atom. The summed E-state index contributed by atoms with van der Waals surface area (Å²) in [5.74, 6) is 0. The maximum Gasteiger partial charge on any atom is 0.0205 e. The molecule has 13 heavy (non-hydrogen) atoms. The molecule has 0 atom stereocenters. The fourth-order valence-electron chi connectivity index (χ4n) is 1.04. The quantitative estimate of drug-likeness (QED) is 0.499. The maximum atomic E-state index is 3.68. The minimum atomic E-state index is 0.949. The molecule has 1 rings (SSSR count). The second-order valence-electron chi connectivity index (χ2n) is 2.88. The number of hydrogen-bond donors (Lipinski definition) is 1. The molecule has 1 nitrogen and oxygen atoms in total. The summed E-state index contributed by atoms with van der Waals surface area (Å²) in [7, 11) is 0. The van der Waals surface area contributed by atoms with Crippen molar-refractivity contribution in [3.8, 4) is 0 Å². The van der Waals surface area contributed by atoms with Gasteiger partial charge in [-0.2, -0.15) is 0 Å². The molecule has 0 aliphatic rings. The molecule has 2 heteroatoms. The molecule has 0 saturated carbocycles. The van der Waals surface area contributed by atoms with Crippen LogP contribution < -0.4 is 5.32 Å². The van der Waals surface area contributed by atoms with Gasteiger partial charge >= 0.3 is 0 Å². The van der Waals surface area contributed by atoms with Gasteiger partial charge in [-0.05, 0) is 53.3 Å². The molecule has 1 aromatic rings. The van der Waals surface area contributed by atoms with Crippen LogP contribution in [0.5, 0.6) is 0 Å². The Balaban J connectivity index is 2.28. The zero-order valence-corrected chi connectivity index (χ0v) is 9.75. The molecule has 0 radical (unpaired) electrons. The van der Waals surface area contributed by atoms with Crippen LogP contribution >= 0.6 is 22.6 Å². The van der Waals surface area contributed by atoms with E-state index in [0.29, 0.717) is 0 Å². The molecule has 0 bridgehead atoms. The topological polar surface area (TPSA) is 12.0 Å². The van der Waals surface area contributed by atoms with Crippen LogP contribution in [0.4, 0.5) is 0 Å². The van der Waals surface area contributed by atoms with Gasteiger partial charge in [0, 0.05) is 10.1 Å². The van der Waals surface area contributed by atoms with Crippen LogP contribution in [0.15, 0.2) is 36.9 Å². The highest BCUT2D eigenvalue weighted by Gasteiger charge is 1.91. The van der Waals surface area contributed by atoms with E-state index >= 15 is 0 Å². The third kappa shape index (κ3) is 4.43. The fourth-order valence-corrected chi connectivity index (χ4v) is 1.40. The van der Waals surface area contributed by atoms with Crippen LogP contribution in [0.25, 0.3) is 0 Å². The van der Waals surface area contributed by atoms with Crippen LogP contribution in [0.1, 0.15) is 12.0 Å². The molecule has 70 valence electrons. The van der Waals surface area contributed by atoms with Gasteiger partial charge in [-0.15, -0.1) is 6.58 Å². The van der Waals surface area contributed by atoms with Crippen molar-refractivity contribution in [2.24, 2.45) is 0 Å². The first kappa shape index (κ1) is 10.7. The Bertz CT molecular complexity index is 253. The number of rotatable bonds is 5. The lowest BCUT2D eigenvalue weighted by Gasteiger charge is -2.02. The summed E-state index contributed by atoms with van der Waals surface area (Å²) in [4.78, 5) is 0. The van der Waals surface area contributed by atoms with Gasteiger partial charge in [0.1, 0.15) is 0 Å². The number of hydrogen-bond acceptors (Lipinski definition) is 1. The zero-order chi connectivity index (χ0) is 9.52. The van der Waals surface area contributed by atoms with E-state index in [-0.39, 0.29) is 0 Å². The third-order valence-corrected chi connectivity index (χ3v) is 2.49. The molecule has 0 aromatic heterocycles. The van der Waals surface area contributed by atoms with Crippen molar-refractivity contribution in [3.05, 3.63) is 46.1 Å². The Labute approximate surface area is 93.4 Å². The maximum absolute atomic E-state index is 3.68. The molecule has 0 spiro atoms. The molecule has 0 aliphatic carbocycles. The van der Waals surface area contributed by atoms with E-state index in [9.17, 15) is 0 Å². The largest absolute Gasteiger partial charge is 0.312 e. The third-order valence-electron chi connectivity index (χ3n) is 1.77. The van der Waals surface area contributed by atoms with E-state index in [0.717, 1.165) is 19.5 Å². The van der Waals surface area contributed by atoms with Crippen molar-refractivity contribution in [2.75, 3.05) is 6.54 Å². The molecule has 1 aromatic carbocycles. The smallest absolute Gasteiger partial charge is 0.0205 e. The summed E-state index contributed by atoms with van der Waals surface area (Å²) in [5, 5.41) is 3.35. The van der Waals surface area contributed by atoms with E-state index in [1.807, 2.05) is 6.08 Å². The van der Waals surface area contributed by atoms with Crippen molar-refractivity contribution in [1.82, 2.24) is 5.32 Å². The van der Waals surface area contributed by atoms with Gasteiger partial charge in [0.25, 0.3) is 0 Å². The van der Waals surface area contributed by atoms with E-state index < -0.39 is 0 Å². The van der Waals surface area contributed by atoms with Crippen molar-refractivity contribution in [3.63, 3.8) is 0 Å². The van der Waals surface area contributed by atoms with Crippen LogP contribution in [0, 0.1) is 3.57 Å². The lowest BCUT2D eigenvalue weighted by atomic mass is 10.2. The van der Waals surface area contributed by atoms with Gasteiger partial charge in [-0.3, -0.25) is 0 Å². The Kier molecular flexibility index (Phi) is 5.08. The lowest BCUT2D eigenvalue weighted by Crippen LogP contribution is -2.13. The van der Waals surface area contributed by atoms with Gasteiger partial charge in [0.15, 0.2) is 0 Å². The minimum Gasteiger partial charge on any atom is -0.312 e. The van der Waals surface area contributed by atoms with Crippen LogP contribution in [-0.4, -0.2) is 6.54 Å². The molecular formula is C11H14IN. The van der Waals surface area contributed by atoms with Gasteiger partial charge in [-0.25, -0.2) is 0 Å². The summed E-state index contributed by atoms with van der Waals surface area (Å²) < 4.78 is 1.28. The molecule has 0 aliphatic heterocycles. The molecule has 0 heterocycles. The number of nitrogens with one attached hydrogen (secondary N) is 1. The molecule has 0 amide bonds. The first-order valence-electron chi connectivity index (χ1n) is 4.39. The van der Waals surface area contributed by atoms with Gasteiger partial charge in [-0.1, -0.05) is 18.2 Å². The SMILES string of the molecule is C=CCCNCc1ccc(I)cc1. The molecule has 0 saturated heterocycles. The monoisotopic (exact) mass is 287 g/mol. The average Bonchev–Trinajstić information content (AvgIpc) is 2.15. The highest BCUT2D eigenvalue weighted by atomic mass is 127. The van der Waals surface area contributed by atoms with E-state index in [1.54, 1.807) is 0 Å². The van der Waals surface area contributed by atoms with Crippen LogP contribution in [0.3, 0.4) is 0 Å². The molecule has 0 unspecified atom stereocenters. The van der Waals surface area contributed by atoms with Gasteiger partial charge in [0.05, 0.1) is 0 Å². The zero-order valence-electron chi connectivity index (χ0n) is 7.59. The second kappa shape index (κ2) is 6.16. The van der Waals surface area contributed by atoms with Gasteiger partial charge in [0.2, 0.25) is 0 Å². The Morgan fingerprint density at radius 3 is 2.62 bits per heavy atom. The fraction of sp³-hybridized carbons (Fsp3) is 0.273. The van der Waals surface area contributed by atoms with Crippen molar-refractivity contribution >= 4 is 22.6 Å². The van der Waals surface area contributed by atoms with Crippen molar-refractivity contribution in [1.29, 1.82) is 0 Å². The average molecular weight is 287 g/mol.